The summed E-state index contributed by atoms with van der Waals surface area (Å²) in [6, 6.07) is 7.88. The monoisotopic (exact) mass is 257 g/mol. The van der Waals surface area contributed by atoms with Crippen LogP contribution in [0.1, 0.15) is 22.2 Å². The first-order chi connectivity index (χ1) is 8.77. The molecule has 5 heteroatoms. The van der Waals surface area contributed by atoms with Crippen LogP contribution in [0.2, 0.25) is 0 Å². The summed E-state index contributed by atoms with van der Waals surface area (Å²) >= 11 is 1.22. The largest absolute Gasteiger partial charge is 0.383 e. The van der Waals surface area contributed by atoms with Crippen LogP contribution in [0.15, 0.2) is 36.7 Å². The van der Waals surface area contributed by atoms with Gasteiger partial charge in [0.25, 0.3) is 0 Å². The lowest BCUT2D eigenvalue weighted by Gasteiger charge is -2.11. The Morgan fingerprint density at radius 2 is 2.06 bits per heavy atom. The van der Waals surface area contributed by atoms with Gasteiger partial charge in [0.05, 0.1) is 10.6 Å². The van der Waals surface area contributed by atoms with Crippen LogP contribution >= 0.6 is 11.5 Å². The lowest BCUT2D eigenvalue weighted by atomic mass is 10.0. The van der Waals surface area contributed by atoms with Gasteiger partial charge in [-0.25, -0.2) is 0 Å². The van der Waals surface area contributed by atoms with Gasteiger partial charge in [0.15, 0.2) is 0 Å². The van der Waals surface area contributed by atoms with Crippen LogP contribution in [0, 0.1) is 6.92 Å². The van der Waals surface area contributed by atoms with Crippen molar-refractivity contribution in [1.82, 2.24) is 14.6 Å². The number of hydrogen-bond acceptors (Lipinski definition) is 5. The normalized spacial score (nSPS) is 12.8. The van der Waals surface area contributed by atoms with E-state index in [1.54, 1.807) is 12.4 Å². The molecule has 1 unspecified atom stereocenters. The fourth-order valence-corrected chi connectivity index (χ4v) is 2.64. The second-order valence-corrected chi connectivity index (χ2v) is 4.86. The van der Waals surface area contributed by atoms with Gasteiger partial charge in [-0.05, 0) is 23.8 Å². The zero-order chi connectivity index (χ0) is 12.5. The SMILES string of the molecule is Cc1nnsc1C(O)c1cncc2ccccc12. The van der Waals surface area contributed by atoms with Gasteiger partial charge in [-0.3, -0.25) is 4.98 Å². The van der Waals surface area contributed by atoms with Crippen molar-refractivity contribution in [1.29, 1.82) is 0 Å². The third-order valence-electron chi connectivity index (χ3n) is 2.93. The average molecular weight is 257 g/mol. The maximum absolute atomic E-state index is 10.5. The Bertz CT molecular complexity index is 690. The van der Waals surface area contributed by atoms with E-state index in [9.17, 15) is 5.11 Å². The number of aromatic nitrogens is 3. The summed E-state index contributed by atoms with van der Waals surface area (Å²) in [5, 5.41) is 16.4. The van der Waals surface area contributed by atoms with E-state index in [4.69, 9.17) is 0 Å². The molecule has 1 N–H and O–H groups in total. The van der Waals surface area contributed by atoms with Gasteiger partial charge >= 0.3 is 0 Å². The van der Waals surface area contributed by atoms with Crippen LogP contribution in [-0.4, -0.2) is 19.7 Å². The lowest BCUT2D eigenvalue weighted by molar-refractivity contribution is 0.224. The van der Waals surface area contributed by atoms with Gasteiger partial charge in [-0.2, -0.15) is 0 Å². The minimum Gasteiger partial charge on any atom is -0.383 e. The Balaban J connectivity index is 2.18. The van der Waals surface area contributed by atoms with Crippen LogP contribution in [-0.2, 0) is 0 Å². The van der Waals surface area contributed by atoms with Crippen LogP contribution in [0.4, 0.5) is 0 Å². The molecular formula is C13H11N3OS. The molecule has 3 rings (SSSR count). The highest BCUT2D eigenvalue weighted by Crippen LogP contribution is 2.30. The van der Waals surface area contributed by atoms with Crippen molar-refractivity contribution in [3.8, 4) is 0 Å². The second kappa shape index (κ2) is 4.44. The summed E-state index contributed by atoms with van der Waals surface area (Å²) < 4.78 is 3.86. The van der Waals surface area contributed by atoms with E-state index >= 15 is 0 Å². The van der Waals surface area contributed by atoms with Gasteiger partial charge in [0.2, 0.25) is 0 Å². The van der Waals surface area contributed by atoms with Crippen molar-refractivity contribution in [3.05, 3.63) is 52.8 Å². The molecule has 0 saturated heterocycles. The Kier molecular flexibility index (Phi) is 2.77. The minimum absolute atomic E-state index is 0.719. The molecule has 0 aliphatic heterocycles. The van der Waals surface area contributed by atoms with Crippen molar-refractivity contribution in [2.75, 3.05) is 0 Å². The maximum Gasteiger partial charge on any atom is 0.119 e. The van der Waals surface area contributed by atoms with Crippen molar-refractivity contribution < 1.29 is 5.11 Å². The number of hydrogen-bond donors (Lipinski definition) is 1. The van der Waals surface area contributed by atoms with E-state index < -0.39 is 6.10 Å². The van der Waals surface area contributed by atoms with E-state index in [-0.39, 0.29) is 0 Å². The Labute approximate surface area is 108 Å². The molecule has 0 amide bonds. The number of pyridine rings is 1. The molecule has 0 spiro atoms. The highest BCUT2D eigenvalue weighted by molar-refractivity contribution is 7.05. The second-order valence-electron chi connectivity index (χ2n) is 4.07. The third kappa shape index (κ3) is 1.77. The fraction of sp³-hybridized carbons (Fsp3) is 0.154. The number of nitrogens with zero attached hydrogens (tertiary/aromatic N) is 3. The number of aryl methyl sites for hydroxylation is 1. The van der Waals surface area contributed by atoms with Crippen molar-refractivity contribution in [2.45, 2.75) is 13.0 Å². The molecule has 0 aliphatic rings. The van der Waals surface area contributed by atoms with Crippen molar-refractivity contribution in [2.24, 2.45) is 0 Å². The Morgan fingerprint density at radius 3 is 2.83 bits per heavy atom. The predicted octanol–water partition coefficient (Wildman–Crippen LogP) is 2.48. The molecule has 0 radical (unpaired) electrons. The summed E-state index contributed by atoms with van der Waals surface area (Å²) in [7, 11) is 0. The van der Waals surface area contributed by atoms with Gasteiger partial charge in [-0.15, -0.1) is 5.10 Å². The van der Waals surface area contributed by atoms with Crippen LogP contribution in [0.25, 0.3) is 10.8 Å². The van der Waals surface area contributed by atoms with E-state index in [1.165, 1.54) is 11.5 Å². The molecule has 2 aromatic heterocycles. The maximum atomic E-state index is 10.5. The van der Waals surface area contributed by atoms with E-state index in [0.29, 0.717) is 0 Å². The summed E-state index contributed by atoms with van der Waals surface area (Å²) in [4.78, 5) is 4.95. The van der Waals surface area contributed by atoms with Gasteiger partial charge in [-0.1, -0.05) is 28.8 Å². The molecule has 0 fully saturated rings. The summed E-state index contributed by atoms with van der Waals surface area (Å²) in [6.07, 6.45) is 2.78. The molecule has 3 aromatic rings. The topological polar surface area (TPSA) is 58.9 Å². The molecule has 18 heavy (non-hydrogen) atoms. The highest BCUT2D eigenvalue weighted by atomic mass is 32.1. The number of benzene rings is 1. The Morgan fingerprint density at radius 1 is 1.22 bits per heavy atom. The highest BCUT2D eigenvalue weighted by Gasteiger charge is 2.18. The van der Waals surface area contributed by atoms with Crippen LogP contribution < -0.4 is 0 Å². The van der Waals surface area contributed by atoms with E-state index in [1.807, 2.05) is 31.2 Å². The molecule has 2 heterocycles. The average Bonchev–Trinajstić information content (AvgIpc) is 2.83. The minimum atomic E-state index is -0.719. The molecule has 1 aromatic carbocycles. The third-order valence-corrected chi connectivity index (χ3v) is 3.81. The molecule has 0 saturated carbocycles. The smallest absolute Gasteiger partial charge is 0.119 e. The lowest BCUT2D eigenvalue weighted by Crippen LogP contribution is -2.01. The summed E-state index contributed by atoms with van der Waals surface area (Å²) in [6.45, 7) is 1.85. The molecule has 0 bridgehead atoms. The number of rotatable bonds is 2. The number of fused-ring (bicyclic) bond motifs is 1. The van der Waals surface area contributed by atoms with Crippen LogP contribution in [0.3, 0.4) is 0 Å². The predicted molar refractivity (Wildman–Crippen MR) is 70.5 cm³/mol. The summed E-state index contributed by atoms with van der Waals surface area (Å²) in [5.74, 6) is 0. The van der Waals surface area contributed by atoms with E-state index in [2.05, 4.69) is 14.6 Å². The zero-order valence-electron chi connectivity index (χ0n) is 9.74. The van der Waals surface area contributed by atoms with Crippen molar-refractivity contribution in [3.63, 3.8) is 0 Å². The molecule has 4 nitrogen and oxygen atoms in total. The molecule has 1 atom stereocenters. The first-order valence-electron chi connectivity index (χ1n) is 5.57. The van der Waals surface area contributed by atoms with E-state index in [0.717, 1.165) is 26.9 Å². The molecule has 90 valence electrons. The van der Waals surface area contributed by atoms with Crippen LogP contribution in [0.5, 0.6) is 0 Å². The number of aliphatic hydroxyl groups is 1. The first kappa shape index (κ1) is 11.3. The van der Waals surface area contributed by atoms with Gasteiger partial charge in [0.1, 0.15) is 6.10 Å². The standard InChI is InChI=1S/C13H11N3OS/c1-8-13(18-16-15-8)12(17)11-7-14-6-9-4-2-3-5-10(9)11/h2-7,12,17H,1H3. The molecular weight excluding hydrogens is 246 g/mol. The van der Waals surface area contributed by atoms with Gasteiger partial charge in [0, 0.05) is 23.3 Å². The number of aliphatic hydroxyl groups excluding tert-OH is 1. The summed E-state index contributed by atoms with van der Waals surface area (Å²) in [5.41, 5.74) is 1.56. The quantitative estimate of drug-likeness (QED) is 0.766. The Hall–Kier alpha value is -1.85. The zero-order valence-corrected chi connectivity index (χ0v) is 10.6. The van der Waals surface area contributed by atoms with Crippen molar-refractivity contribution >= 4 is 22.3 Å². The van der Waals surface area contributed by atoms with Gasteiger partial charge < -0.3 is 5.11 Å². The first-order valence-corrected chi connectivity index (χ1v) is 6.34. The molecule has 0 aliphatic carbocycles. The fourth-order valence-electron chi connectivity index (χ4n) is 1.99.